The van der Waals surface area contributed by atoms with E-state index in [1.807, 2.05) is 36.1 Å². The van der Waals surface area contributed by atoms with Gasteiger partial charge in [0.2, 0.25) is 0 Å². The first-order valence-electron chi connectivity index (χ1n) is 6.41. The number of para-hydroxylation sites is 1. The van der Waals surface area contributed by atoms with Crippen molar-refractivity contribution in [3.63, 3.8) is 0 Å². The molecule has 0 radical (unpaired) electrons. The molecule has 1 saturated heterocycles. The predicted molar refractivity (Wildman–Crippen MR) is 75.3 cm³/mol. The Bertz CT molecular complexity index is 485. The molecular weight excluding hydrogens is 278 g/mol. The average molecular weight is 297 g/mol. The molecule has 2 rings (SSSR count). The number of benzene rings is 1. The number of aryl methyl sites for hydroxylation is 1. The summed E-state index contributed by atoms with van der Waals surface area (Å²) in [5.74, 6) is 0.425. The fourth-order valence-electron chi connectivity index (χ4n) is 1.96. The number of anilines is 1. The fraction of sp³-hybridized carbons (Fsp3) is 0.429. The molecule has 1 aliphatic heterocycles. The molecule has 1 N–H and O–H groups in total. The Balaban J connectivity index is 0.00000200. The second kappa shape index (κ2) is 7.87. The zero-order valence-corrected chi connectivity index (χ0v) is 12.5. The van der Waals surface area contributed by atoms with Crippen molar-refractivity contribution in [2.45, 2.75) is 13.8 Å². The molecular formula is C14H19ClN3O2-. The molecule has 0 atom stereocenters. The van der Waals surface area contributed by atoms with E-state index in [1.165, 1.54) is 6.92 Å². The van der Waals surface area contributed by atoms with Crippen molar-refractivity contribution >= 4 is 17.3 Å². The average Bonchev–Trinajstić information content (AvgIpc) is 2.42. The number of nitrogens with one attached hydrogen (secondary N) is 1. The van der Waals surface area contributed by atoms with E-state index in [0.717, 1.165) is 11.3 Å². The zero-order valence-electron chi connectivity index (χ0n) is 11.7. The standard InChI is InChI=1S/C14H19N3O2.ClH/c1-11-5-3-4-6-13(11)15-16-14(12(2)18)17-7-9-19-10-8-17;/h3-6,15H,7-10H2,1-2H3;1H/p-1. The van der Waals surface area contributed by atoms with Crippen LogP contribution >= 0.6 is 0 Å². The number of Topliss-reactive ketones (excluding diaryl/α,β-unsaturated/α-hetero) is 1. The molecule has 0 spiro atoms. The minimum atomic E-state index is -0.0389. The summed E-state index contributed by atoms with van der Waals surface area (Å²) in [6.45, 7) is 6.21. The topological polar surface area (TPSA) is 53.9 Å². The first-order chi connectivity index (χ1) is 9.18. The number of hydrogen-bond donors (Lipinski definition) is 1. The SMILES string of the molecule is CC(=O)C(=NNc1ccccc1C)N1CCOCC1.[Cl-]. The molecule has 0 bridgehead atoms. The highest BCUT2D eigenvalue weighted by atomic mass is 35.5. The summed E-state index contributed by atoms with van der Waals surface area (Å²) in [7, 11) is 0. The van der Waals surface area contributed by atoms with E-state index in [4.69, 9.17) is 4.74 Å². The number of morpholine rings is 1. The Morgan fingerprint density at radius 1 is 1.30 bits per heavy atom. The highest BCUT2D eigenvalue weighted by Crippen LogP contribution is 2.13. The lowest BCUT2D eigenvalue weighted by Gasteiger charge is -2.28. The Hall–Kier alpha value is -1.59. The third-order valence-corrected chi connectivity index (χ3v) is 3.05. The summed E-state index contributed by atoms with van der Waals surface area (Å²) in [6, 6.07) is 7.85. The van der Waals surface area contributed by atoms with Crippen LogP contribution < -0.4 is 17.8 Å². The van der Waals surface area contributed by atoms with Crippen LogP contribution in [-0.4, -0.2) is 42.8 Å². The fourth-order valence-corrected chi connectivity index (χ4v) is 1.96. The van der Waals surface area contributed by atoms with Gasteiger partial charge in [-0.2, -0.15) is 5.10 Å². The highest BCUT2D eigenvalue weighted by Gasteiger charge is 2.18. The molecule has 6 heteroatoms. The molecule has 5 nitrogen and oxygen atoms in total. The number of ether oxygens (including phenoxy) is 1. The second-order valence-electron chi connectivity index (χ2n) is 4.52. The Labute approximate surface area is 125 Å². The van der Waals surface area contributed by atoms with Crippen molar-refractivity contribution in [3.05, 3.63) is 29.8 Å². The van der Waals surface area contributed by atoms with E-state index in [0.29, 0.717) is 32.1 Å². The van der Waals surface area contributed by atoms with Crippen molar-refractivity contribution < 1.29 is 21.9 Å². The molecule has 20 heavy (non-hydrogen) atoms. The van der Waals surface area contributed by atoms with Crippen LogP contribution in [0.15, 0.2) is 29.4 Å². The summed E-state index contributed by atoms with van der Waals surface area (Å²) in [5.41, 5.74) is 4.98. The smallest absolute Gasteiger partial charge is 0.196 e. The van der Waals surface area contributed by atoms with Crippen molar-refractivity contribution in [3.8, 4) is 0 Å². The third-order valence-electron chi connectivity index (χ3n) is 3.05. The number of nitrogens with zero attached hydrogens (tertiary/aromatic N) is 2. The zero-order chi connectivity index (χ0) is 13.7. The van der Waals surface area contributed by atoms with Gasteiger partial charge in [-0.3, -0.25) is 10.2 Å². The van der Waals surface area contributed by atoms with Crippen LogP contribution in [0.1, 0.15) is 12.5 Å². The normalized spacial score (nSPS) is 15.5. The maximum atomic E-state index is 11.7. The summed E-state index contributed by atoms with van der Waals surface area (Å²) in [5, 5.41) is 4.27. The number of carbonyl (C=O) groups excluding carboxylic acids is 1. The molecule has 1 heterocycles. The van der Waals surface area contributed by atoms with Crippen LogP contribution in [0.5, 0.6) is 0 Å². The van der Waals surface area contributed by atoms with E-state index < -0.39 is 0 Å². The quantitative estimate of drug-likeness (QED) is 0.426. The maximum Gasteiger partial charge on any atom is 0.196 e. The molecule has 1 fully saturated rings. The molecule has 1 aliphatic rings. The van der Waals surface area contributed by atoms with E-state index >= 15 is 0 Å². The van der Waals surface area contributed by atoms with E-state index in [9.17, 15) is 4.79 Å². The largest absolute Gasteiger partial charge is 1.00 e. The summed E-state index contributed by atoms with van der Waals surface area (Å²) in [4.78, 5) is 13.7. The predicted octanol–water partition coefficient (Wildman–Crippen LogP) is -1.35. The lowest BCUT2D eigenvalue weighted by Crippen LogP contribution is -3.00. The number of ketones is 1. The Morgan fingerprint density at radius 3 is 2.55 bits per heavy atom. The van der Waals surface area contributed by atoms with Crippen LogP contribution in [0.2, 0.25) is 0 Å². The van der Waals surface area contributed by atoms with Gasteiger partial charge in [-0.25, -0.2) is 0 Å². The number of hydrazone groups is 1. The summed E-state index contributed by atoms with van der Waals surface area (Å²) in [6.07, 6.45) is 0. The number of rotatable bonds is 3. The van der Waals surface area contributed by atoms with Crippen LogP contribution in [0.3, 0.4) is 0 Å². The van der Waals surface area contributed by atoms with Gasteiger partial charge in [0.1, 0.15) is 0 Å². The lowest BCUT2D eigenvalue weighted by atomic mass is 10.2. The number of carbonyl (C=O) groups is 1. The van der Waals surface area contributed by atoms with Gasteiger partial charge >= 0.3 is 0 Å². The molecule has 1 aromatic rings. The Morgan fingerprint density at radius 2 is 1.95 bits per heavy atom. The molecule has 0 saturated carbocycles. The van der Waals surface area contributed by atoms with Gasteiger partial charge in [0, 0.05) is 20.0 Å². The second-order valence-corrected chi connectivity index (χ2v) is 4.52. The van der Waals surface area contributed by atoms with E-state index in [1.54, 1.807) is 0 Å². The molecule has 0 unspecified atom stereocenters. The van der Waals surface area contributed by atoms with Gasteiger partial charge in [-0.1, -0.05) is 18.2 Å². The van der Waals surface area contributed by atoms with Crippen molar-refractivity contribution in [2.75, 3.05) is 31.7 Å². The van der Waals surface area contributed by atoms with Crippen LogP contribution in [0, 0.1) is 6.92 Å². The molecule has 0 aromatic heterocycles. The van der Waals surface area contributed by atoms with Crippen LogP contribution in [-0.2, 0) is 9.53 Å². The van der Waals surface area contributed by atoms with E-state index in [-0.39, 0.29) is 18.2 Å². The van der Waals surface area contributed by atoms with Gasteiger partial charge in [-0.15, -0.1) is 0 Å². The summed E-state index contributed by atoms with van der Waals surface area (Å²) >= 11 is 0. The van der Waals surface area contributed by atoms with Crippen molar-refractivity contribution in [1.82, 2.24) is 4.90 Å². The van der Waals surface area contributed by atoms with Gasteiger partial charge in [0.25, 0.3) is 0 Å². The first-order valence-corrected chi connectivity index (χ1v) is 6.41. The van der Waals surface area contributed by atoms with Crippen LogP contribution in [0.4, 0.5) is 5.69 Å². The van der Waals surface area contributed by atoms with Gasteiger partial charge in [0.05, 0.1) is 18.9 Å². The van der Waals surface area contributed by atoms with E-state index in [2.05, 4.69) is 10.5 Å². The van der Waals surface area contributed by atoms with Crippen LogP contribution in [0.25, 0.3) is 0 Å². The molecule has 110 valence electrons. The molecule has 0 aliphatic carbocycles. The number of hydrogen-bond acceptors (Lipinski definition) is 4. The third kappa shape index (κ3) is 4.21. The van der Waals surface area contributed by atoms with Gasteiger partial charge in [-0.05, 0) is 18.6 Å². The molecule has 0 amide bonds. The monoisotopic (exact) mass is 296 g/mol. The molecule has 1 aromatic carbocycles. The lowest BCUT2D eigenvalue weighted by molar-refractivity contribution is -0.112. The minimum Gasteiger partial charge on any atom is -1.00 e. The van der Waals surface area contributed by atoms with Gasteiger partial charge in [0.15, 0.2) is 11.6 Å². The highest BCUT2D eigenvalue weighted by molar-refractivity contribution is 6.37. The number of halogens is 1. The maximum absolute atomic E-state index is 11.7. The van der Waals surface area contributed by atoms with Crippen molar-refractivity contribution in [1.29, 1.82) is 0 Å². The first kappa shape index (κ1) is 16.5. The van der Waals surface area contributed by atoms with Gasteiger partial charge < -0.3 is 22.0 Å². The van der Waals surface area contributed by atoms with Crippen molar-refractivity contribution in [2.24, 2.45) is 5.10 Å². The summed E-state index contributed by atoms with van der Waals surface area (Å²) < 4.78 is 5.28. The Kier molecular flexibility index (Phi) is 6.48. The minimum absolute atomic E-state index is 0. The number of amidine groups is 1.